The summed E-state index contributed by atoms with van der Waals surface area (Å²) in [6.45, 7) is 1.66. The van der Waals surface area contributed by atoms with Crippen LogP contribution in [0, 0.1) is 6.92 Å². The maximum Gasteiger partial charge on any atom is 0.333 e. The van der Waals surface area contributed by atoms with Gasteiger partial charge in [-0.25, -0.2) is 17.9 Å². The van der Waals surface area contributed by atoms with Crippen LogP contribution in [-0.2, 0) is 10.0 Å². The van der Waals surface area contributed by atoms with Crippen LogP contribution in [0.3, 0.4) is 0 Å². The average Bonchev–Trinajstić information content (AvgIpc) is 2.38. The first-order valence-electron chi connectivity index (χ1n) is 6.03. The third-order valence-corrected chi connectivity index (χ3v) is 4.42. The number of halogens is 1. The van der Waals surface area contributed by atoms with Crippen LogP contribution >= 0.6 is 11.6 Å². The van der Waals surface area contributed by atoms with Gasteiger partial charge in [0.2, 0.25) is 0 Å². The van der Waals surface area contributed by atoms with Crippen molar-refractivity contribution in [1.29, 1.82) is 0 Å². The van der Waals surface area contributed by atoms with E-state index in [9.17, 15) is 13.2 Å². The van der Waals surface area contributed by atoms with Crippen molar-refractivity contribution in [3.63, 3.8) is 0 Å². The van der Waals surface area contributed by atoms with Crippen LogP contribution < -0.4 is 10.0 Å². The van der Waals surface area contributed by atoms with Gasteiger partial charge >= 0.3 is 6.03 Å². The number of amides is 2. The number of nitrogens with one attached hydrogen (secondary N) is 2. The Morgan fingerprint density at radius 3 is 2.48 bits per heavy atom. The third kappa shape index (κ3) is 3.96. The van der Waals surface area contributed by atoms with Gasteiger partial charge in [-0.15, -0.1) is 0 Å². The molecule has 0 bridgehead atoms. The maximum atomic E-state index is 12.1. The number of benzene rings is 2. The highest BCUT2D eigenvalue weighted by molar-refractivity contribution is 7.90. The Hall–Kier alpha value is -2.05. The van der Waals surface area contributed by atoms with Crippen molar-refractivity contribution in [1.82, 2.24) is 4.72 Å². The Labute approximate surface area is 128 Å². The topological polar surface area (TPSA) is 75.3 Å². The molecular formula is C14H13ClN2O3S. The van der Waals surface area contributed by atoms with Gasteiger partial charge in [0.05, 0.1) is 4.90 Å². The fourth-order valence-electron chi connectivity index (χ4n) is 1.76. The van der Waals surface area contributed by atoms with Gasteiger partial charge in [-0.05, 0) is 36.8 Å². The van der Waals surface area contributed by atoms with Crippen LogP contribution in [0.5, 0.6) is 0 Å². The summed E-state index contributed by atoms with van der Waals surface area (Å²) in [6.07, 6.45) is 0. The summed E-state index contributed by atoms with van der Waals surface area (Å²) in [5.41, 5.74) is 0.959. The molecule has 2 N–H and O–H groups in total. The minimum Gasteiger partial charge on any atom is -0.307 e. The zero-order valence-electron chi connectivity index (χ0n) is 11.1. The Morgan fingerprint density at radius 1 is 1.10 bits per heavy atom. The Morgan fingerprint density at radius 2 is 1.81 bits per heavy atom. The van der Waals surface area contributed by atoms with Crippen LogP contribution in [0.25, 0.3) is 0 Å². The Balaban J connectivity index is 2.14. The van der Waals surface area contributed by atoms with Crippen molar-refractivity contribution >= 4 is 33.3 Å². The molecule has 2 amide bonds. The quantitative estimate of drug-likeness (QED) is 0.910. The predicted octanol–water partition coefficient (Wildman–Crippen LogP) is 3.16. The number of hydrogen-bond donors (Lipinski definition) is 2. The second-order valence-electron chi connectivity index (χ2n) is 4.34. The van der Waals surface area contributed by atoms with Gasteiger partial charge < -0.3 is 5.32 Å². The molecular weight excluding hydrogens is 312 g/mol. The average molecular weight is 325 g/mol. The number of urea groups is 1. The van der Waals surface area contributed by atoms with E-state index in [1.54, 1.807) is 43.3 Å². The zero-order valence-corrected chi connectivity index (χ0v) is 12.7. The maximum absolute atomic E-state index is 12.1. The summed E-state index contributed by atoms with van der Waals surface area (Å²) in [5.74, 6) is 0. The van der Waals surface area contributed by atoms with E-state index in [4.69, 9.17) is 11.6 Å². The van der Waals surface area contributed by atoms with E-state index >= 15 is 0 Å². The van der Waals surface area contributed by atoms with E-state index in [0.29, 0.717) is 16.3 Å². The Bertz CT molecular complexity index is 775. The summed E-state index contributed by atoms with van der Waals surface area (Å²) < 4.78 is 26.2. The summed E-state index contributed by atoms with van der Waals surface area (Å²) in [6, 6.07) is 12.0. The third-order valence-electron chi connectivity index (χ3n) is 2.69. The molecule has 7 heteroatoms. The largest absolute Gasteiger partial charge is 0.333 e. The minimum absolute atomic E-state index is 0.0613. The van der Waals surface area contributed by atoms with E-state index in [0.717, 1.165) is 0 Å². The first-order chi connectivity index (χ1) is 9.88. The fraction of sp³-hybridized carbons (Fsp3) is 0.0714. The van der Waals surface area contributed by atoms with Crippen LogP contribution in [0.1, 0.15) is 5.56 Å². The van der Waals surface area contributed by atoms with Gasteiger partial charge in [0.1, 0.15) is 0 Å². The van der Waals surface area contributed by atoms with Crippen LogP contribution in [0.4, 0.5) is 10.5 Å². The molecule has 0 heterocycles. The molecule has 21 heavy (non-hydrogen) atoms. The molecule has 0 unspecified atom stereocenters. The summed E-state index contributed by atoms with van der Waals surface area (Å²) in [4.78, 5) is 11.8. The summed E-state index contributed by atoms with van der Waals surface area (Å²) in [5, 5.41) is 2.85. The van der Waals surface area contributed by atoms with Gasteiger partial charge in [0.25, 0.3) is 10.0 Å². The van der Waals surface area contributed by atoms with Crippen LogP contribution in [0.2, 0.25) is 5.02 Å². The number of anilines is 1. The molecule has 5 nitrogen and oxygen atoms in total. The molecule has 2 rings (SSSR count). The molecule has 0 spiro atoms. The summed E-state index contributed by atoms with van der Waals surface area (Å²) >= 11 is 5.79. The number of carbonyl (C=O) groups excluding carboxylic acids is 1. The predicted molar refractivity (Wildman–Crippen MR) is 82.0 cm³/mol. The molecule has 0 radical (unpaired) electrons. The molecule has 0 atom stereocenters. The van der Waals surface area contributed by atoms with Crippen molar-refractivity contribution in [3.05, 3.63) is 59.1 Å². The van der Waals surface area contributed by atoms with Crippen molar-refractivity contribution in [2.75, 3.05) is 5.32 Å². The van der Waals surface area contributed by atoms with E-state index in [-0.39, 0.29) is 4.90 Å². The van der Waals surface area contributed by atoms with Crippen molar-refractivity contribution in [3.8, 4) is 0 Å². The fourth-order valence-corrected chi connectivity index (χ4v) is 3.10. The lowest BCUT2D eigenvalue weighted by Crippen LogP contribution is -2.34. The number of hydrogen-bond acceptors (Lipinski definition) is 3. The van der Waals surface area contributed by atoms with Crippen molar-refractivity contribution in [2.45, 2.75) is 11.8 Å². The minimum atomic E-state index is -3.92. The van der Waals surface area contributed by atoms with Gasteiger partial charge in [-0.2, -0.15) is 0 Å². The summed E-state index contributed by atoms with van der Waals surface area (Å²) in [7, 11) is -3.92. The molecule has 0 saturated carbocycles. The highest BCUT2D eigenvalue weighted by Gasteiger charge is 2.19. The molecule has 0 aliphatic heterocycles. The van der Waals surface area contributed by atoms with E-state index in [1.807, 2.05) is 4.72 Å². The Kier molecular flexibility index (Phi) is 4.50. The number of aryl methyl sites for hydroxylation is 1. The molecule has 0 aliphatic carbocycles. The lowest BCUT2D eigenvalue weighted by molar-refractivity contribution is 0.256. The lowest BCUT2D eigenvalue weighted by atomic mass is 10.2. The highest BCUT2D eigenvalue weighted by atomic mass is 35.5. The standard InChI is InChI=1S/C14H13ClN2O3S/c1-10-5-2-3-8-13(10)21(19,20)17-14(18)16-12-7-4-6-11(15)9-12/h2-9H,1H3,(H2,16,17,18). The van der Waals surface area contributed by atoms with Gasteiger partial charge in [-0.3, -0.25) is 0 Å². The monoisotopic (exact) mass is 324 g/mol. The van der Waals surface area contributed by atoms with Crippen LogP contribution in [-0.4, -0.2) is 14.4 Å². The smallest absolute Gasteiger partial charge is 0.307 e. The first-order valence-corrected chi connectivity index (χ1v) is 7.89. The SMILES string of the molecule is Cc1ccccc1S(=O)(=O)NC(=O)Nc1cccc(Cl)c1. The number of sulfonamides is 1. The van der Waals surface area contributed by atoms with Crippen molar-refractivity contribution < 1.29 is 13.2 Å². The molecule has 0 aliphatic rings. The zero-order chi connectivity index (χ0) is 15.5. The second kappa shape index (κ2) is 6.15. The van der Waals surface area contributed by atoms with Crippen molar-refractivity contribution in [2.24, 2.45) is 0 Å². The van der Waals surface area contributed by atoms with E-state index < -0.39 is 16.1 Å². The highest BCUT2D eigenvalue weighted by Crippen LogP contribution is 2.16. The molecule has 110 valence electrons. The van der Waals surface area contributed by atoms with Gasteiger partial charge in [0.15, 0.2) is 0 Å². The first kappa shape index (κ1) is 15.3. The van der Waals surface area contributed by atoms with Crippen LogP contribution in [0.15, 0.2) is 53.4 Å². The van der Waals surface area contributed by atoms with E-state index in [1.165, 1.54) is 12.1 Å². The molecule has 2 aromatic rings. The van der Waals surface area contributed by atoms with Gasteiger partial charge in [0, 0.05) is 10.7 Å². The van der Waals surface area contributed by atoms with E-state index in [2.05, 4.69) is 5.32 Å². The molecule has 0 aromatic heterocycles. The normalized spacial score (nSPS) is 11.0. The van der Waals surface area contributed by atoms with Gasteiger partial charge in [-0.1, -0.05) is 35.9 Å². The number of carbonyl (C=O) groups is 1. The molecule has 0 fully saturated rings. The molecule has 0 saturated heterocycles. The molecule has 2 aromatic carbocycles. The lowest BCUT2D eigenvalue weighted by Gasteiger charge is -2.10. The second-order valence-corrected chi connectivity index (χ2v) is 6.42. The number of rotatable bonds is 3.